The Morgan fingerprint density at radius 2 is 1.70 bits per heavy atom. The van der Waals surface area contributed by atoms with Crippen molar-refractivity contribution in [3.63, 3.8) is 0 Å². The average Bonchev–Trinajstić information content (AvgIpc) is 2.69. The highest BCUT2D eigenvalue weighted by Gasteiger charge is 2.15. The van der Waals surface area contributed by atoms with E-state index in [1.54, 1.807) is 6.07 Å². The van der Waals surface area contributed by atoms with Gasteiger partial charge in [-0.05, 0) is 24.5 Å². The number of carbonyl (C=O) groups excluding carboxylic acids is 2. The normalized spacial score (nSPS) is 10.1. The lowest BCUT2D eigenvalue weighted by molar-refractivity contribution is -0.385. The number of nitrogens with one attached hydrogen (secondary N) is 1. The van der Waals surface area contributed by atoms with E-state index in [9.17, 15) is 19.7 Å². The molecule has 8 nitrogen and oxygen atoms in total. The topological polar surface area (TPSA) is 108 Å². The van der Waals surface area contributed by atoms with Crippen molar-refractivity contribution in [1.29, 1.82) is 0 Å². The Morgan fingerprint density at radius 1 is 1.00 bits per heavy atom. The van der Waals surface area contributed by atoms with Gasteiger partial charge in [-0.2, -0.15) is 0 Å². The Balaban J connectivity index is 1.62. The van der Waals surface area contributed by atoms with Gasteiger partial charge in [0.05, 0.1) is 4.92 Å². The van der Waals surface area contributed by atoms with E-state index in [2.05, 4.69) is 5.32 Å². The summed E-state index contributed by atoms with van der Waals surface area (Å²) in [5.74, 6) is -1.24. The van der Waals surface area contributed by atoms with Crippen LogP contribution in [0.4, 0.5) is 5.69 Å². The van der Waals surface area contributed by atoms with Crippen LogP contribution in [0.2, 0.25) is 0 Å². The Labute approximate surface area is 156 Å². The van der Waals surface area contributed by atoms with E-state index < -0.39 is 30.0 Å². The number of nitro benzene ring substituents is 1. The molecular formula is C19H20N2O6. The van der Waals surface area contributed by atoms with E-state index in [-0.39, 0.29) is 11.4 Å². The Hall–Kier alpha value is -3.42. The molecule has 0 spiro atoms. The lowest BCUT2D eigenvalue weighted by atomic mass is 10.1. The molecule has 8 heteroatoms. The van der Waals surface area contributed by atoms with Gasteiger partial charge < -0.3 is 14.8 Å². The molecule has 0 aromatic heterocycles. The van der Waals surface area contributed by atoms with Gasteiger partial charge in [0, 0.05) is 12.6 Å². The summed E-state index contributed by atoms with van der Waals surface area (Å²) in [6.45, 7) is -0.478. The van der Waals surface area contributed by atoms with Crippen molar-refractivity contribution in [1.82, 2.24) is 5.32 Å². The van der Waals surface area contributed by atoms with Crippen LogP contribution in [0.5, 0.6) is 5.75 Å². The summed E-state index contributed by atoms with van der Waals surface area (Å²) in [4.78, 5) is 33.5. The van der Waals surface area contributed by atoms with Crippen LogP contribution in [-0.2, 0) is 20.7 Å². The highest BCUT2D eigenvalue weighted by molar-refractivity contribution is 5.80. The van der Waals surface area contributed by atoms with Crippen molar-refractivity contribution in [2.75, 3.05) is 19.8 Å². The number of benzene rings is 2. The maximum atomic E-state index is 11.7. The maximum absolute atomic E-state index is 11.7. The fourth-order valence-corrected chi connectivity index (χ4v) is 2.27. The molecule has 0 aliphatic carbocycles. The summed E-state index contributed by atoms with van der Waals surface area (Å²) in [5, 5.41) is 13.5. The third-order valence-corrected chi connectivity index (χ3v) is 3.58. The molecule has 2 rings (SSSR count). The minimum atomic E-state index is -0.785. The molecule has 2 aromatic carbocycles. The van der Waals surface area contributed by atoms with Gasteiger partial charge in [-0.15, -0.1) is 0 Å². The molecule has 0 fully saturated rings. The van der Waals surface area contributed by atoms with Crippen molar-refractivity contribution in [2.45, 2.75) is 12.8 Å². The first-order valence-electron chi connectivity index (χ1n) is 8.38. The minimum absolute atomic E-state index is 0.0372. The van der Waals surface area contributed by atoms with Crippen LogP contribution in [0.1, 0.15) is 12.0 Å². The molecule has 0 bridgehead atoms. The number of hydrogen-bond acceptors (Lipinski definition) is 6. The first-order chi connectivity index (χ1) is 13.1. The Bertz CT molecular complexity index is 779. The Morgan fingerprint density at radius 3 is 2.44 bits per heavy atom. The van der Waals surface area contributed by atoms with Crippen LogP contribution < -0.4 is 10.1 Å². The van der Waals surface area contributed by atoms with Crippen molar-refractivity contribution in [3.8, 4) is 5.75 Å². The van der Waals surface area contributed by atoms with Gasteiger partial charge in [-0.25, -0.2) is 4.79 Å². The van der Waals surface area contributed by atoms with Crippen LogP contribution in [0.25, 0.3) is 0 Å². The lowest BCUT2D eigenvalue weighted by Gasteiger charge is -2.08. The SMILES string of the molecule is O=C(COC(=O)COc1ccccc1[N+](=O)[O-])NCCCc1ccccc1. The summed E-state index contributed by atoms with van der Waals surface area (Å²) in [5.41, 5.74) is 0.937. The van der Waals surface area contributed by atoms with Gasteiger partial charge in [-0.1, -0.05) is 42.5 Å². The molecule has 1 amide bonds. The van der Waals surface area contributed by atoms with Gasteiger partial charge in [0.15, 0.2) is 19.0 Å². The molecule has 0 saturated heterocycles. The number of carbonyl (C=O) groups is 2. The predicted molar refractivity (Wildman–Crippen MR) is 97.3 cm³/mol. The number of nitrogens with zero attached hydrogens (tertiary/aromatic N) is 1. The van der Waals surface area contributed by atoms with Crippen molar-refractivity contribution in [3.05, 3.63) is 70.3 Å². The molecule has 2 aromatic rings. The highest BCUT2D eigenvalue weighted by Crippen LogP contribution is 2.25. The largest absolute Gasteiger partial charge is 0.475 e. The second-order valence-electron chi connectivity index (χ2n) is 5.61. The number of esters is 1. The van der Waals surface area contributed by atoms with E-state index in [4.69, 9.17) is 9.47 Å². The highest BCUT2D eigenvalue weighted by atomic mass is 16.6. The van der Waals surface area contributed by atoms with Gasteiger partial charge in [-0.3, -0.25) is 14.9 Å². The van der Waals surface area contributed by atoms with Crippen LogP contribution >= 0.6 is 0 Å². The summed E-state index contributed by atoms with van der Waals surface area (Å²) in [7, 11) is 0. The zero-order valence-corrected chi connectivity index (χ0v) is 14.6. The average molecular weight is 372 g/mol. The van der Waals surface area contributed by atoms with Crippen LogP contribution in [0.3, 0.4) is 0 Å². The first kappa shape index (κ1) is 19.9. The van der Waals surface area contributed by atoms with Crippen molar-refractivity contribution >= 4 is 17.6 Å². The van der Waals surface area contributed by atoms with Crippen LogP contribution in [0, 0.1) is 10.1 Å². The van der Waals surface area contributed by atoms with Gasteiger partial charge in [0.25, 0.3) is 5.91 Å². The van der Waals surface area contributed by atoms with E-state index in [1.807, 2.05) is 30.3 Å². The number of para-hydroxylation sites is 2. The predicted octanol–water partition coefficient (Wildman–Crippen LogP) is 2.27. The lowest BCUT2D eigenvalue weighted by Crippen LogP contribution is -2.30. The third-order valence-electron chi connectivity index (χ3n) is 3.58. The number of ether oxygens (including phenoxy) is 2. The van der Waals surface area contributed by atoms with E-state index >= 15 is 0 Å². The number of amides is 1. The maximum Gasteiger partial charge on any atom is 0.344 e. The monoisotopic (exact) mass is 372 g/mol. The van der Waals surface area contributed by atoms with E-state index in [1.165, 1.54) is 23.8 Å². The quantitative estimate of drug-likeness (QED) is 0.297. The Kier molecular flexibility index (Phi) is 7.77. The second-order valence-corrected chi connectivity index (χ2v) is 5.61. The van der Waals surface area contributed by atoms with E-state index in [0.717, 1.165) is 12.8 Å². The van der Waals surface area contributed by atoms with Crippen molar-refractivity contribution in [2.24, 2.45) is 0 Å². The first-order valence-corrected chi connectivity index (χ1v) is 8.38. The second kappa shape index (κ2) is 10.5. The molecule has 0 heterocycles. The number of nitro groups is 1. The summed E-state index contributed by atoms with van der Waals surface area (Å²) in [6, 6.07) is 15.6. The number of rotatable bonds is 10. The van der Waals surface area contributed by atoms with Gasteiger partial charge >= 0.3 is 11.7 Å². The fourth-order valence-electron chi connectivity index (χ4n) is 2.27. The summed E-state index contributed by atoms with van der Waals surface area (Å²) < 4.78 is 9.89. The van der Waals surface area contributed by atoms with Gasteiger partial charge in [0.2, 0.25) is 0 Å². The van der Waals surface area contributed by atoms with Crippen molar-refractivity contribution < 1.29 is 24.0 Å². The molecule has 0 aliphatic heterocycles. The standard InChI is InChI=1S/C19H20N2O6/c22-18(20-12-6-9-15-7-2-1-3-8-15)13-27-19(23)14-26-17-11-5-4-10-16(17)21(24)25/h1-5,7-8,10-11H,6,9,12-14H2,(H,20,22). The molecule has 0 unspecified atom stereocenters. The molecule has 0 saturated carbocycles. The third kappa shape index (κ3) is 7.15. The smallest absolute Gasteiger partial charge is 0.344 e. The zero-order valence-electron chi connectivity index (χ0n) is 14.6. The molecule has 142 valence electrons. The summed E-state index contributed by atoms with van der Waals surface area (Å²) >= 11 is 0. The molecular weight excluding hydrogens is 352 g/mol. The number of hydrogen-bond donors (Lipinski definition) is 1. The fraction of sp³-hybridized carbons (Fsp3) is 0.263. The molecule has 0 radical (unpaired) electrons. The molecule has 0 aliphatic rings. The zero-order chi connectivity index (χ0) is 19.5. The molecule has 1 N–H and O–H groups in total. The van der Waals surface area contributed by atoms with Gasteiger partial charge in [0.1, 0.15) is 0 Å². The number of aryl methyl sites for hydroxylation is 1. The summed E-state index contributed by atoms with van der Waals surface area (Å²) in [6.07, 6.45) is 1.61. The molecule has 27 heavy (non-hydrogen) atoms. The molecule has 0 atom stereocenters. The minimum Gasteiger partial charge on any atom is -0.475 e. The van der Waals surface area contributed by atoms with E-state index in [0.29, 0.717) is 6.54 Å². The van der Waals surface area contributed by atoms with Crippen LogP contribution in [0.15, 0.2) is 54.6 Å². The van der Waals surface area contributed by atoms with Crippen LogP contribution in [-0.4, -0.2) is 36.6 Å².